The third-order valence-electron chi connectivity index (χ3n) is 3.13. The van der Waals surface area contributed by atoms with E-state index >= 15 is 0 Å². The first-order valence-corrected chi connectivity index (χ1v) is 7.72. The van der Waals surface area contributed by atoms with E-state index in [0.29, 0.717) is 6.54 Å². The molecule has 2 N–H and O–H groups in total. The van der Waals surface area contributed by atoms with E-state index in [2.05, 4.69) is 15.0 Å². The lowest BCUT2D eigenvalue weighted by molar-refractivity contribution is 0.548. The summed E-state index contributed by atoms with van der Waals surface area (Å²) in [6.07, 6.45) is 5.65. The van der Waals surface area contributed by atoms with Crippen LogP contribution in [0.5, 0.6) is 0 Å². The predicted octanol–water partition coefficient (Wildman–Crippen LogP) is 1.02. The molecule has 0 radical (unpaired) electrons. The summed E-state index contributed by atoms with van der Waals surface area (Å²) in [6, 6.07) is 3.42. The lowest BCUT2D eigenvalue weighted by Gasteiger charge is -2.12. The van der Waals surface area contributed by atoms with Crippen LogP contribution in [0.15, 0.2) is 23.4 Å². The SMILES string of the molecule is CNCc1ccc(S(=O)(=O)NC2CCCC2)nc1. The fourth-order valence-corrected chi connectivity index (χ4v) is 3.44. The Hall–Kier alpha value is -0.980. The van der Waals surface area contributed by atoms with Gasteiger partial charge >= 0.3 is 0 Å². The van der Waals surface area contributed by atoms with E-state index < -0.39 is 10.0 Å². The molecule has 0 aromatic carbocycles. The molecule has 100 valence electrons. The molecule has 1 heterocycles. The van der Waals surface area contributed by atoms with Gasteiger partial charge in [0.15, 0.2) is 5.03 Å². The van der Waals surface area contributed by atoms with Crippen molar-refractivity contribution < 1.29 is 8.42 Å². The van der Waals surface area contributed by atoms with Gasteiger partial charge in [0.2, 0.25) is 0 Å². The maximum Gasteiger partial charge on any atom is 0.258 e. The molecule has 1 aromatic heterocycles. The fourth-order valence-electron chi connectivity index (χ4n) is 2.20. The van der Waals surface area contributed by atoms with Gasteiger partial charge in [-0.2, -0.15) is 0 Å². The van der Waals surface area contributed by atoms with Crippen LogP contribution in [0.25, 0.3) is 0 Å². The average molecular weight is 269 g/mol. The molecule has 1 aliphatic carbocycles. The van der Waals surface area contributed by atoms with Crippen molar-refractivity contribution in [3.05, 3.63) is 23.9 Å². The number of nitrogens with one attached hydrogen (secondary N) is 2. The normalized spacial score (nSPS) is 17.2. The highest BCUT2D eigenvalue weighted by Gasteiger charge is 2.23. The number of aromatic nitrogens is 1. The molecule has 1 aromatic rings. The zero-order valence-electron chi connectivity index (χ0n) is 10.5. The Labute approximate surface area is 108 Å². The molecule has 1 saturated carbocycles. The number of pyridine rings is 1. The standard InChI is InChI=1S/C12H19N3O2S/c1-13-8-10-6-7-12(14-9-10)18(16,17)15-11-4-2-3-5-11/h6-7,9,11,13,15H,2-5,8H2,1H3. The number of hydrogen-bond donors (Lipinski definition) is 2. The van der Waals surface area contributed by atoms with E-state index in [1.54, 1.807) is 18.3 Å². The molecule has 1 fully saturated rings. The van der Waals surface area contributed by atoms with Gasteiger partial charge in [-0.25, -0.2) is 18.1 Å². The summed E-state index contributed by atoms with van der Waals surface area (Å²) < 4.78 is 26.9. The molecular weight excluding hydrogens is 250 g/mol. The van der Waals surface area contributed by atoms with Gasteiger partial charge in [-0.1, -0.05) is 18.9 Å². The van der Waals surface area contributed by atoms with Crippen molar-refractivity contribution in [1.82, 2.24) is 15.0 Å². The first-order chi connectivity index (χ1) is 8.62. The fraction of sp³-hybridized carbons (Fsp3) is 0.583. The summed E-state index contributed by atoms with van der Waals surface area (Å²) in [4.78, 5) is 4.02. The minimum absolute atomic E-state index is 0.0776. The molecule has 0 spiro atoms. The predicted molar refractivity (Wildman–Crippen MR) is 69.6 cm³/mol. The Morgan fingerprint density at radius 3 is 2.61 bits per heavy atom. The first-order valence-electron chi connectivity index (χ1n) is 6.24. The lowest BCUT2D eigenvalue weighted by atomic mass is 10.3. The summed E-state index contributed by atoms with van der Waals surface area (Å²) in [6.45, 7) is 0.684. The number of rotatable bonds is 5. The molecule has 6 heteroatoms. The Morgan fingerprint density at radius 2 is 2.06 bits per heavy atom. The summed E-state index contributed by atoms with van der Waals surface area (Å²) in [7, 11) is -1.62. The van der Waals surface area contributed by atoms with Crippen molar-refractivity contribution in [2.75, 3.05) is 7.05 Å². The van der Waals surface area contributed by atoms with Crippen molar-refractivity contribution in [3.63, 3.8) is 0 Å². The van der Waals surface area contributed by atoms with Gasteiger partial charge in [0.1, 0.15) is 0 Å². The van der Waals surface area contributed by atoms with Crippen molar-refractivity contribution in [1.29, 1.82) is 0 Å². The second-order valence-electron chi connectivity index (χ2n) is 4.64. The minimum atomic E-state index is -3.46. The molecular formula is C12H19N3O2S. The van der Waals surface area contributed by atoms with Gasteiger partial charge in [-0.15, -0.1) is 0 Å². The molecule has 5 nitrogen and oxygen atoms in total. The summed E-state index contributed by atoms with van der Waals surface area (Å²) >= 11 is 0. The monoisotopic (exact) mass is 269 g/mol. The number of hydrogen-bond acceptors (Lipinski definition) is 4. The van der Waals surface area contributed by atoms with Gasteiger partial charge in [0.25, 0.3) is 10.0 Å². The van der Waals surface area contributed by atoms with Crippen LogP contribution in [-0.2, 0) is 16.6 Å². The smallest absolute Gasteiger partial charge is 0.258 e. The van der Waals surface area contributed by atoms with Crippen molar-refractivity contribution in [2.45, 2.75) is 43.3 Å². The first kappa shape index (κ1) is 13.5. The van der Waals surface area contributed by atoms with Gasteiger partial charge in [0.05, 0.1) is 0 Å². The van der Waals surface area contributed by atoms with E-state index in [4.69, 9.17) is 0 Å². The van der Waals surface area contributed by atoms with Crippen LogP contribution in [0.4, 0.5) is 0 Å². The maximum absolute atomic E-state index is 12.1. The van der Waals surface area contributed by atoms with E-state index in [0.717, 1.165) is 31.2 Å². The van der Waals surface area contributed by atoms with Crippen LogP contribution in [0, 0.1) is 0 Å². The average Bonchev–Trinajstić information content (AvgIpc) is 2.82. The number of sulfonamides is 1. The van der Waals surface area contributed by atoms with Crippen LogP contribution in [0.2, 0.25) is 0 Å². The van der Waals surface area contributed by atoms with Crippen LogP contribution in [-0.4, -0.2) is 26.5 Å². The quantitative estimate of drug-likeness (QED) is 0.837. The van der Waals surface area contributed by atoms with Crippen LogP contribution in [0.1, 0.15) is 31.2 Å². The Balaban J connectivity index is 2.08. The van der Waals surface area contributed by atoms with Crippen LogP contribution >= 0.6 is 0 Å². The van der Waals surface area contributed by atoms with E-state index in [9.17, 15) is 8.42 Å². The van der Waals surface area contributed by atoms with E-state index in [1.165, 1.54) is 0 Å². The molecule has 2 rings (SSSR count). The zero-order chi connectivity index (χ0) is 13.0. The molecule has 0 saturated heterocycles. The summed E-state index contributed by atoms with van der Waals surface area (Å²) in [5.41, 5.74) is 0.970. The van der Waals surface area contributed by atoms with Gasteiger partial charge < -0.3 is 5.32 Å². The molecule has 0 aliphatic heterocycles. The van der Waals surface area contributed by atoms with Gasteiger partial charge in [-0.05, 0) is 31.5 Å². The Bertz CT molecular complexity index is 479. The molecule has 1 aliphatic rings. The highest BCUT2D eigenvalue weighted by atomic mass is 32.2. The van der Waals surface area contributed by atoms with E-state index in [1.807, 2.05) is 7.05 Å². The van der Waals surface area contributed by atoms with Gasteiger partial charge in [-0.3, -0.25) is 0 Å². The maximum atomic E-state index is 12.1. The third kappa shape index (κ3) is 3.28. The minimum Gasteiger partial charge on any atom is -0.316 e. The lowest BCUT2D eigenvalue weighted by Crippen LogP contribution is -2.33. The number of nitrogens with zero attached hydrogens (tertiary/aromatic N) is 1. The molecule has 0 atom stereocenters. The zero-order valence-corrected chi connectivity index (χ0v) is 11.3. The molecule has 0 bridgehead atoms. The van der Waals surface area contributed by atoms with Crippen molar-refractivity contribution in [2.24, 2.45) is 0 Å². The largest absolute Gasteiger partial charge is 0.316 e. The molecule has 0 unspecified atom stereocenters. The van der Waals surface area contributed by atoms with Crippen LogP contribution in [0.3, 0.4) is 0 Å². The summed E-state index contributed by atoms with van der Waals surface area (Å²) in [5, 5.41) is 3.10. The summed E-state index contributed by atoms with van der Waals surface area (Å²) in [5.74, 6) is 0. The highest BCUT2D eigenvalue weighted by molar-refractivity contribution is 7.89. The topological polar surface area (TPSA) is 71.1 Å². The molecule has 0 amide bonds. The molecule has 18 heavy (non-hydrogen) atoms. The second kappa shape index (κ2) is 5.77. The van der Waals surface area contributed by atoms with Gasteiger partial charge in [0, 0.05) is 18.8 Å². The highest BCUT2D eigenvalue weighted by Crippen LogP contribution is 2.19. The Morgan fingerprint density at radius 1 is 1.33 bits per heavy atom. The van der Waals surface area contributed by atoms with E-state index in [-0.39, 0.29) is 11.1 Å². The van der Waals surface area contributed by atoms with Crippen molar-refractivity contribution in [3.8, 4) is 0 Å². The third-order valence-corrected chi connectivity index (χ3v) is 4.57. The second-order valence-corrected chi connectivity index (χ2v) is 6.30. The van der Waals surface area contributed by atoms with Crippen LogP contribution < -0.4 is 10.0 Å². The van der Waals surface area contributed by atoms with Crippen molar-refractivity contribution >= 4 is 10.0 Å². The Kier molecular flexibility index (Phi) is 4.31.